The van der Waals surface area contributed by atoms with E-state index in [2.05, 4.69) is 10.0 Å². The Balaban J connectivity index is 2.39. The monoisotopic (exact) mass is 393 g/mol. The van der Waals surface area contributed by atoms with Crippen LogP contribution in [0.5, 0.6) is 0 Å². The summed E-state index contributed by atoms with van der Waals surface area (Å²) in [6.07, 6.45) is 0.558. The van der Waals surface area contributed by atoms with E-state index in [0.29, 0.717) is 12.1 Å². The third-order valence-corrected chi connectivity index (χ3v) is 5.54. The van der Waals surface area contributed by atoms with Gasteiger partial charge in [-0.15, -0.1) is 0 Å². The van der Waals surface area contributed by atoms with Crippen molar-refractivity contribution in [3.8, 4) is 0 Å². The van der Waals surface area contributed by atoms with E-state index in [1.54, 1.807) is 19.1 Å². The van der Waals surface area contributed by atoms with Crippen LogP contribution in [-0.2, 0) is 10.0 Å². The average Bonchev–Trinajstić information content (AvgIpc) is 2.61. The Labute approximate surface area is 158 Å². The smallest absolute Gasteiger partial charge is 0.293 e. The lowest BCUT2D eigenvalue weighted by Crippen LogP contribution is -2.23. The van der Waals surface area contributed by atoms with E-state index >= 15 is 0 Å². The summed E-state index contributed by atoms with van der Waals surface area (Å²) in [6, 6.07) is 8.56. The number of hydrogen-bond donors (Lipinski definition) is 3. The van der Waals surface area contributed by atoms with Gasteiger partial charge in [0.15, 0.2) is 0 Å². The summed E-state index contributed by atoms with van der Waals surface area (Å²) in [5.41, 5.74) is 1.95. The number of aliphatic hydroxyl groups excluding tert-OH is 1. The third-order valence-electron chi connectivity index (χ3n) is 4.18. The molecule has 1 atom stereocenters. The number of sulfonamides is 1. The second kappa shape index (κ2) is 8.36. The Morgan fingerprint density at radius 3 is 2.37 bits per heavy atom. The molecule has 1 unspecified atom stereocenters. The number of aryl methyl sites for hydroxylation is 2. The standard InChI is InChI=1S/C18H23N3O5S/c1-4-14(11-22)19-17-8-6-15(10-18(17)21(23)24)27(25,26)20-16-7-5-12(2)9-13(16)3/h5-10,14,19-20,22H,4,11H2,1-3H3. The van der Waals surface area contributed by atoms with Crippen LogP contribution in [0.25, 0.3) is 0 Å². The molecule has 0 aliphatic heterocycles. The number of anilines is 2. The van der Waals surface area contributed by atoms with Gasteiger partial charge in [-0.3, -0.25) is 14.8 Å². The highest BCUT2D eigenvalue weighted by Crippen LogP contribution is 2.30. The second-order valence-electron chi connectivity index (χ2n) is 6.29. The van der Waals surface area contributed by atoms with Gasteiger partial charge in [-0.2, -0.15) is 0 Å². The number of nitro groups is 1. The zero-order valence-electron chi connectivity index (χ0n) is 15.4. The molecule has 146 valence electrons. The van der Waals surface area contributed by atoms with E-state index < -0.39 is 14.9 Å². The first-order valence-electron chi connectivity index (χ1n) is 8.43. The second-order valence-corrected chi connectivity index (χ2v) is 7.97. The fourth-order valence-electron chi connectivity index (χ4n) is 2.58. The molecule has 0 aliphatic carbocycles. The van der Waals surface area contributed by atoms with E-state index in [9.17, 15) is 23.6 Å². The predicted octanol–water partition coefficient (Wildman–Crippen LogP) is 3.20. The lowest BCUT2D eigenvalue weighted by atomic mass is 10.1. The molecule has 2 aromatic rings. The van der Waals surface area contributed by atoms with Gasteiger partial charge in [0, 0.05) is 12.1 Å². The van der Waals surface area contributed by atoms with Gasteiger partial charge in [-0.1, -0.05) is 24.6 Å². The van der Waals surface area contributed by atoms with Crippen molar-refractivity contribution < 1.29 is 18.4 Å². The maximum absolute atomic E-state index is 12.7. The highest BCUT2D eigenvalue weighted by atomic mass is 32.2. The number of nitro benzene ring substituents is 1. The summed E-state index contributed by atoms with van der Waals surface area (Å²) >= 11 is 0. The van der Waals surface area contributed by atoms with E-state index in [0.717, 1.165) is 17.2 Å². The Morgan fingerprint density at radius 2 is 1.81 bits per heavy atom. The van der Waals surface area contributed by atoms with Crippen LogP contribution in [0, 0.1) is 24.0 Å². The molecule has 8 nitrogen and oxygen atoms in total. The topological polar surface area (TPSA) is 122 Å². The normalized spacial score (nSPS) is 12.4. The van der Waals surface area contributed by atoms with Crippen LogP contribution in [0.4, 0.5) is 17.1 Å². The van der Waals surface area contributed by atoms with Gasteiger partial charge in [-0.05, 0) is 44.0 Å². The molecule has 0 saturated heterocycles. The summed E-state index contributed by atoms with van der Waals surface area (Å²) in [7, 11) is -3.99. The number of rotatable bonds is 8. The zero-order valence-corrected chi connectivity index (χ0v) is 16.2. The van der Waals surface area contributed by atoms with Crippen molar-refractivity contribution in [3.05, 3.63) is 57.6 Å². The molecule has 27 heavy (non-hydrogen) atoms. The van der Waals surface area contributed by atoms with E-state index in [1.807, 2.05) is 19.9 Å². The SMILES string of the molecule is CCC(CO)Nc1ccc(S(=O)(=O)Nc2ccc(C)cc2C)cc1[N+](=O)[O-]. The Kier molecular flexibility index (Phi) is 6.40. The number of benzene rings is 2. The quantitative estimate of drug-likeness (QED) is 0.468. The van der Waals surface area contributed by atoms with Gasteiger partial charge in [-0.25, -0.2) is 8.42 Å². The van der Waals surface area contributed by atoms with Crippen LogP contribution in [0.15, 0.2) is 41.3 Å². The molecule has 0 amide bonds. The van der Waals surface area contributed by atoms with Crippen molar-refractivity contribution >= 4 is 27.1 Å². The van der Waals surface area contributed by atoms with Crippen molar-refractivity contribution in [2.75, 3.05) is 16.6 Å². The Hall–Kier alpha value is -2.65. The van der Waals surface area contributed by atoms with Crippen molar-refractivity contribution in [1.82, 2.24) is 0 Å². The highest BCUT2D eigenvalue weighted by Gasteiger charge is 2.23. The molecule has 9 heteroatoms. The number of nitrogens with one attached hydrogen (secondary N) is 2. The van der Waals surface area contributed by atoms with Crippen molar-refractivity contribution in [1.29, 1.82) is 0 Å². The maximum Gasteiger partial charge on any atom is 0.293 e. The largest absolute Gasteiger partial charge is 0.394 e. The fourth-order valence-corrected chi connectivity index (χ4v) is 3.73. The molecule has 0 aromatic heterocycles. The molecule has 0 fully saturated rings. The zero-order chi connectivity index (χ0) is 20.2. The van der Waals surface area contributed by atoms with Crippen molar-refractivity contribution in [3.63, 3.8) is 0 Å². The molecule has 0 heterocycles. The first-order chi connectivity index (χ1) is 12.7. The molecular formula is C18H23N3O5S. The van der Waals surface area contributed by atoms with Crippen LogP contribution in [0.1, 0.15) is 24.5 Å². The number of aliphatic hydroxyl groups is 1. The van der Waals surface area contributed by atoms with Gasteiger partial charge in [0.2, 0.25) is 0 Å². The number of hydrogen-bond acceptors (Lipinski definition) is 6. The third kappa shape index (κ3) is 4.95. The first-order valence-corrected chi connectivity index (χ1v) is 9.92. The number of nitrogens with zero attached hydrogens (tertiary/aromatic N) is 1. The summed E-state index contributed by atoms with van der Waals surface area (Å²) < 4.78 is 27.8. The van der Waals surface area contributed by atoms with Gasteiger partial charge in [0.25, 0.3) is 15.7 Å². The highest BCUT2D eigenvalue weighted by molar-refractivity contribution is 7.92. The van der Waals surface area contributed by atoms with Crippen LogP contribution < -0.4 is 10.0 Å². The van der Waals surface area contributed by atoms with Gasteiger partial charge in [0.1, 0.15) is 5.69 Å². The fraction of sp³-hybridized carbons (Fsp3) is 0.333. The molecule has 0 radical (unpaired) electrons. The molecule has 3 N–H and O–H groups in total. The molecule has 0 aliphatic rings. The molecule has 2 aromatic carbocycles. The van der Waals surface area contributed by atoms with Crippen LogP contribution >= 0.6 is 0 Å². The summed E-state index contributed by atoms with van der Waals surface area (Å²) in [6.45, 7) is 5.31. The van der Waals surface area contributed by atoms with E-state index in [1.165, 1.54) is 12.1 Å². The summed E-state index contributed by atoms with van der Waals surface area (Å²) in [5.74, 6) is 0. The lowest BCUT2D eigenvalue weighted by molar-refractivity contribution is -0.384. The molecule has 0 bridgehead atoms. The van der Waals surface area contributed by atoms with Gasteiger partial charge < -0.3 is 10.4 Å². The van der Waals surface area contributed by atoms with Gasteiger partial charge in [0.05, 0.1) is 22.1 Å². The van der Waals surface area contributed by atoms with Crippen LogP contribution in [0.3, 0.4) is 0 Å². The minimum atomic E-state index is -3.99. The van der Waals surface area contributed by atoms with Crippen LogP contribution in [-0.4, -0.2) is 31.1 Å². The van der Waals surface area contributed by atoms with Crippen molar-refractivity contribution in [2.24, 2.45) is 0 Å². The average molecular weight is 393 g/mol. The predicted molar refractivity (Wildman–Crippen MR) is 105 cm³/mol. The van der Waals surface area contributed by atoms with Crippen molar-refractivity contribution in [2.45, 2.75) is 38.1 Å². The minimum Gasteiger partial charge on any atom is -0.394 e. The molecule has 2 rings (SSSR count). The Bertz CT molecular complexity index is 940. The first kappa shape index (κ1) is 20.7. The Morgan fingerprint density at radius 1 is 1.15 bits per heavy atom. The van der Waals surface area contributed by atoms with E-state index in [-0.39, 0.29) is 28.9 Å². The maximum atomic E-state index is 12.7. The summed E-state index contributed by atoms with van der Waals surface area (Å²) in [4.78, 5) is 10.5. The molecule has 0 spiro atoms. The summed E-state index contributed by atoms with van der Waals surface area (Å²) in [5, 5.41) is 23.5. The minimum absolute atomic E-state index is 0.159. The van der Waals surface area contributed by atoms with Crippen LogP contribution in [0.2, 0.25) is 0 Å². The lowest BCUT2D eigenvalue weighted by Gasteiger charge is -2.16. The van der Waals surface area contributed by atoms with Gasteiger partial charge >= 0.3 is 0 Å². The molecule has 0 saturated carbocycles. The van der Waals surface area contributed by atoms with E-state index in [4.69, 9.17) is 0 Å². The molecular weight excluding hydrogens is 370 g/mol.